The van der Waals surface area contributed by atoms with Crippen LogP contribution < -0.4 is 0 Å². The van der Waals surface area contributed by atoms with Gasteiger partial charge < -0.3 is 4.98 Å². The standard InChI is InChI=1S/C15H15NO/c1-10(17)15-9-13-12-6-4-2-3-5-11(12)7-8-14(13)16-15/h4,6-9,16H,2-3,5H2,1H3. The lowest BCUT2D eigenvalue weighted by Crippen LogP contribution is -1.89. The average Bonchev–Trinajstić information content (AvgIpc) is 2.61. The maximum Gasteiger partial charge on any atom is 0.175 e. The highest BCUT2D eigenvalue weighted by atomic mass is 16.1. The smallest absolute Gasteiger partial charge is 0.175 e. The molecule has 1 N–H and O–H groups in total. The third-order valence-electron chi connectivity index (χ3n) is 3.42. The van der Waals surface area contributed by atoms with Crippen LogP contribution >= 0.6 is 0 Å². The number of nitrogens with one attached hydrogen (secondary N) is 1. The fourth-order valence-corrected chi connectivity index (χ4v) is 2.49. The van der Waals surface area contributed by atoms with Crippen molar-refractivity contribution in [2.24, 2.45) is 0 Å². The minimum absolute atomic E-state index is 0.0903. The van der Waals surface area contributed by atoms with E-state index in [1.807, 2.05) is 6.07 Å². The Morgan fingerprint density at radius 2 is 2.24 bits per heavy atom. The van der Waals surface area contributed by atoms with Crippen molar-refractivity contribution in [2.75, 3.05) is 0 Å². The van der Waals surface area contributed by atoms with Gasteiger partial charge in [0.1, 0.15) is 0 Å². The molecular weight excluding hydrogens is 210 g/mol. The molecule has 1 aromatic heterocycles. The zero-order valence-electron chi connectivity index (χ0n) is 9.92. The Kier molecular flexibility index (Phi) is 2.36. The fraction of sp³-hybridized carbons (Fsp3) is 0.267. The number of hydrogen-bond acceptors (Lipinski definition) is 1. The van der Waals surface area contributed by atoms with E-state index in [2.05, 4.69) is 29.3 Å². The third-order valence-corrected chi connectivity index (χ3v) is 3.42. The summed E-state index contributed by atoms with van der Waals surface area (Å²) in [6.07, 6.45) is 7.89. The van der Waals surface area contributed by atoms with Crippen LogP contribution in [0.5, 0.6) is 0 Å². The van der Waals surface area contributed by atoms with E-state index in [0.717, 1.165) is 18.4 Å². The molecule has 0 unspecified atom stereocenters. The van der Waals surface area contributed by atoms with Crippen LogP contribution in [-0.2, 0) is 6.42 Å². The Morgan fingerprint density at radius 3 is 3.06 bits per heavy atom. The summed E-state index contributed by atoms with van der Waals surface area (Å²) in [6.45, 7) is 1.60. The number of benzene rings is 1. The Labute approximate surface area is 100 Å². The van der Waals surface area contributed by atoms with Crippen LogP contribution in [0, 0.1) is 0 Å². The highest BCUT2D eigenvalue weighted by Gasteiger charge is 2.11. The van der Waals surface area contributed by atoms with Crippen LogP contribution in [0.1, 0.15) is 41.4 Å². The van der Waals surface area contributed by atoms with Crippen LogP contribution in [0.4, 0.5) is 0 Å². The molecule has 0 amide bonds. The molecule has 0 spiro atoms. The lowest BCUT2D eigenvalue weighted by Gasteiger charge is -2.04. The zero-order chi connectivity index (χ0) is 11.8. The van der Waals surface area contributed by atoms with Crippen molar-refractivity contribution in [1.29, 1.82) is 0 Å². The van der Waals surface area contributed by atoms with Crippen molar-refractivity contribution in [3.8, 4) is 0 Å². The van der Waals surface area contributed by atoms with Crippen LogP contribution in [0.25, 0.3) is 17.0 Å². The van der Waals surface area contributed by atoms with Crippen LogP contribution in [-0.4, -0.2) is 10.8 Å². The van der Waals surface area contributed by atoms with E-state index in [1.54, 1.807) is 6.92 Å². The number of carbonyl (C=O) groups excluding carboxylic acids is 1. The van der Waals surface area contributed by atoms with Gasteiger partial charge in [0.15, 0.2) is 5.78 Å². The second-order valence-electron chi connectivity index (χ2n) is 4.63. The molecule has 1 aliphatic rings. The Morgan fingerprint density at radius 1 is 1.35 bits per heavy atom. The fourth-order valence-electron chi connectivity index (χ4n) is 2.49. The van der Waals surface area contributed by atoms with Crippen LogP contribution in [0.2, 0.25) is 0 Å². The van der Waals surface area contributed by atoms with E-state index in [4.69, 9.17) is 0 Å². The van der Waals surface area contributed by atoms with Gasteiger partial charge in [0, 0.05) is 17.8 Å². The van der Waals surface area contributed by atoms with Gasteiger partial charge >= 0.3 is 0 Å². The van der Waals surface area contributed by atoms with Gasteiger partial charge in [-0.1, -0.05) is 18.2 Å². The first-order valence-corrected chi connectivity index (χ1v) is 6.08. The minimum Gasteiger partial charge on any atom is -0.352 e. The van der Waals surface area contributed by atoms with Gasteiger partial charge in [0.2, 0.25) is 0 Å². The summed E-state index contributed by atoms with van der Waals surface area (Å²) >= 11 is 0. The van der Waals surface area contributed by atoms with Crippen LogP contribution in [0.15, 0.2) is 24.3 Å². The molecule has 17 heavy (non-hydrogen) atoms. The van der Waals surface area contributed by atoms with E-state index in [1.165, 1.54) is 22.9 Å². The Balaban J connectivity index is 2.28. The van der Waals surface area contributed by atoms with Crippen molar-refractivity contribution >= 4 is 22.8 Å². The van der Waals surface area contributed by atoms with Gasteiger partial charge in [0.05, 0.1) is 5.69 Å². The molecule has 0 fully saturated rings. The summed E-state index contributed by atoms with van der Waals surface area (Å²) in [5.74, 6) is 0.0903. The van der Waals surface area contributed by atoms with E-state index >= 15 is 0 Å². The number of ketones is 1. The predicted molar refractivity (Wildman–Crippen MR) is 70.3 cm³/mol. The molecule has 3 rings (SSSR count). The molecule has 0 saturated heterocycles. The van der Waals surface area contributed by atoms with Crippen molar-refractivity contribution in [2.45, 2.75) is 26.2 Å². The maximum atomic E-state index is 11.4. The lowest BCUT2D eigenvalue weighted by atomic mass is 10.0. The number of rotatable bonds is 1. The molecule has 0 saturated carbocycles. The molecule has 0 aliphatic heterocycles. The second-order valence-corrected chi connectivity index (χ2v) is 4.63. The van der Waals surface area contributed by atoms with Crippen molar-refractivity contribution in [3.05, 3.63) is 41.1 Å². The molecule has 1 aliphatic carbocycles. The van der Waals surface area contributed by atoms with E-state index in [-0.39, 0.29) is 5.78 Å². The number of aromatic amines is 1. The highest BCUT2D eigenvalue weighted by molar-refractivity contribution is 6.00. The number of fused-ring (bicyclic) bond motifs is 3. The molecule has 0 bridgehead atoms. The summed E-state index contributed by atoms with van der Waals surface area (Å²) in [5.41, 5.74) is 4.43. The first-order valence-electron chi connectivity index (χ1n) is 6.08. The first kappa shape index (κ1) is 10.3. The van der Waals surface area contributed by atoms with Crippen molar-refractivity contribution in [3.63, 3.8) is 0 Å². The summed E-state index contributed by atoms with van der Waals surface area (Å²) < 4.78 is 0. The average molecular weight is 225 g/mol. The summed E-state index contributed by atoms with van der Waals surface area (Å²) in [6, 6.07) is 6.24. The molecular formula is C15H15NO. The molecule has 2 nitrogen and oxygen atoms in total. The van der Waals surface area contributed by atoms with E-state index < -0.39 is 0 Å². The number of carbonyl (C=O) groups is 1. The molecule has 1 heterocycles. The van der Waals surface area contributed by atoms with Gasteiger partial charge in [-0.05, 0) is 42.5 Å². The number of aryl methyl sites for hydroxylation is 1. The summed E-state index contributed by atoms with van der Waals surface area (Å²) in [4.78, 5) is 14.6. The first-order chi connectivity index (χ1) is 8.25. The summed E-state index contributed by atoms with van der Waals surface area (Å²) in [5, 5.41) is 1.17. The highest BCUT2D eigenvalue weighted by Crippen LogP contribution is 2.28. The Bertz CT molecular complexity index is 619. The third kappa shape index (κ3) is 1.70. The maximum absolute atomic E-state index is 11.4. The number of Topliss-reactive ketones (excluding diaryl/α,β-unsaturated/α-hetero) is 1. The van der Waals surface area contributed by atoms with Gasteiger partial charge in [-0.25, -0.2) is 0 Å². The number of hydrogen-bond donors (Lipinski definition) is 1. The van der Waals surface area contributed by atoms with Gasteiger partial charge in [-0.3, -0.25) is 4.79 Å². The van der Waals surface area contributed by atoms with Crippen molar-refractivity contribution in [1.82, 2.24) is 4.98 Å². The summed E-state index contributed by atoms with van der Waals surface area (Å²) in [7, 11) is 0. The van der Waals surface area contributed by atoms with Crippen molar-refractivity contribution < 1.29 is 4.79 Å². The number of allylic oxidation sites excluding steroid dienone is 1. The Hall–Kier alpha value is -1.83. The topological polar surface area (TPSA) is 32.9 Å². The normalized spacial score (nSPS) is 14.6. The number of aromatic nitrogens is 1. The molecule has 86 valence electrons. The molecule has 0 radical (unpaired) electrons. The predicted octanol–water partition coefficient (Wildman–Crippen LogP) is 3.72. The molecule has 0 atom stereocenters. The molecule has 2 aromatic rings. The second kappa shape index (κ2) is 3.88. The van der Waals surface area contributed by atoms with E-state index in [0.29, 0.717) is 5.69 Å². The van der Waals surface area contributed by atoms with Gasteiger partial charge in [-0.15, -0.1) is 0 Å². The quantitative estimate of drug-likeness (QED) is 0.737. The molecule has 1 aromatic carbocycles. The largest absolute Gasteiger partial charge is 0.352 e. The SMILES string of the molecule is CC(=O)c1cc2c3c(ccc2[nH]1)CCCC=C3. The zero-order valence-corrected chi connectivity index (χ0v) is 9.92. The monoisotopic (exact) mass is 225 g/mol. The lowest BCUT2D eigenvalue weighted by molar-refractivity contribution is 0.101. The minimum atomic E-state index is 0.0903. The molecule has 2 heteroatoms. The van der Waals surface area contributed by atoms with Crippen LogP contribution in [0.3, 0.4) is 0 Å². The number of H-pyrrole nitrogens is 1. The van der Waals surface area contributed by atoms with Gasteiger partial charge in [-0.2, -0.15) is 0 Å². The van der Waals surface area contributed by atoms with E-state index in [9.17, 15) is 4.79 Å². The van der Waals surface area contributed by atoms with Gasteiger partial charge in [0.25, 0.3) is 0 Å².